The molecule has 30 heavy (non-hydrogen) atoms. The first-order valence-electron chi connectivity index (χ1n) is 8.86. The number of esters is 1. The SMILES string of the molecule is CC(=O)N=C1N(/C=C2\C(=O)Oc3ccccc3C2=O)C(=O)/C(=C/c2ccco2)N1C. The predicted molar refractivity (Wildman–Crippen MR) is 104 cm³/mol. The lowest BCUT2D eigenvalue weighted by Gasteiger charge is -2.19. The van der Waals surface area contributed by atoms with Gasteiger partial charge >= 0.3 is 5.97 Å². The Morgan fingerprint density at radius 3 is 2.57 bits per heavy atom. The molecule has 9 heteroatoms. The molecule has 150 valence electrons. The Morgan fingerprint density at radius 2 is 1.87 bits per heavy atom. The molecular weight excluding hydrogens is 390 g/mol. The fraction of sp³-hybridized carbons (Fsp3) is 0.0952. The fourth-order valence-electron chi connectivity index (χ4n) is 3.06. The molecule has 1 aromatic heterocycles. The average Bonchev–Trinajstić information content (AvgIpc) is 3.29. The molecule has 0 atom stereocenters. The van der Waals surface area contributed by atoms with Crippen LogP contribution in [0, 0.1) is 0 Å². The van der Waals surface area contributed by atoms with E-state index in [9.17, 15) is 19.2 Å². The molecule has 0 saturated carbocycles. The second-order valence-electron chi connectivity index (χ2n) is 6.47. The van der Waals surface area contributed by atoms with Crippen molar-refractivity contribution in [3.63, 3.8) is 0 Å². The Hall–Kier alpha value is -4.27. The zero-order chi connectivity index (χ0) is 21.4. The number of furan rings is 1. The molecule has 0 aliphatic carbocycles. The van der Waals surface area contributed by atoms with Crippen LogP contribution in [-0.4, -0.2) is 46.4 Å². The van der Waals surface area contributed by atoms with Gasteiger partial charge in [-0.15, -0.1) is 0 Å². The quantitative estimate of drug-likeness (QED) is 0.325. The summed E-state index contributed by atoms with van der Waals surface area (Å²) >= 11 is 0. The third-order valence-electron chi connectivity index (χ3n) is 4.45. The number of guanidine groups is 1. The maximum Gasteiger partial charge on any atom is 0.349 e. The highest BCUT2D eigenvalue weighted by molar-refractivity contribution is 6.28. The highest BCUT2D eigenvalue weighted by atomic mass is 16.5. The van der Waals surface area contributed by atoms with E-state index in [1.54, 1.807) is 24.3 Å². The number of fused-ring (bicyclic) bond motifs is 1. The predicted octanol–water partition coefficient (Wildman–Crippen LogP) is 1.98. The number of benzene rings is 1. The van der Waals surface area contributed by atoms with E-state index in [-0.39, 0.29) is 28.5 Å². The highest BCUT2D eigenvalue weighted by Crippen LogP contribution is 2.29. The summed E-state index contributed by atoms with van der Waals surface area (Å²) in [6.07, 6.45) is 3.96. The lowest BCUT2D eigenvalue weighted by Crippen LogP contribution is -2.33. The molecule has 2 aromatic rings. The zero-order valence-corrected chi connectivity index (χ0v) is 16.0. The van der Waals surface area contributed by atoms with Crippen LogP contribution < -0.4 is 4.74 Å². The van der Waals surface area contributed by atoms with Crippen LogP contribution in [0.25, 0.3) is 6.08 Å². The van der Waals surface area contributed by atoms with Crippen molar-refractivity contribution in [2.75, 3.05) is 7.05 Å². The number of hydrogen-bond donors (Lipinski definition) is 0. The minimum atomic E-state index is -0.903. The van der Waals surface area contributed by atoms with Crippen molar-refractivity contribution in [3.05, 3.63) is 71.5 Å². The summed E-state index contributed by atoms with van der Waals surface area (Å²) in [6.45, 7) is 1.22. The van der Waals surface area contributed by atoms with Crippen molar-refractivity contribution in [2.24, 2.45) is 4.99 Å². The minimum absolute atomic E-state index is 0.0581. The van der Waals surface area contributed by atoms with E-state index in [1.807, 2.05) is 0 Å². The van der Waals surface area contributed by atoms with Gasteiger partial charge in [0.2, 0.25) is 17.6 Å². The maximum atomic E-state index is 13.0. The van der Waals surface area contributed by atoms with Gasteiger partial charge < -0.3 is 14.1 Å². The van der Waals surface area contributed by atoms with Gasteiger partial charge in [-0.05, 0) is 24.3 Å². The van der Waals surface area contributed by atoms with Gasteiger partial charge in [-0.3, -0.25) is 19.3 Å². The van der Waals surface area contributed by atoms with Gasteiger partial charge in [-0.1, -0.05) is 12.1 Å². The van der Waals surface area contributed by atoms with E-state index in [0.29, 0.717) is 5.76 Å². The summed E-state index contributed by atoms with van der Waals surface area (Å²) in [5, 5.41) is 0. The molecule has 0 radical (unpaired) electrons. The molecule has 1 saturated heterocycles. The van der Waals surface area contributed by atoms with Crippen LogP contribution in [0.2, 0.25) is 0 Å². The highest BCUT2D eigenvalue weighted by Gasteiger charge is 2.39. The Balaban J connectivity index is 1.80. The van der Waals surface area contributed by atoms with E-state index in [2.05, 4.69) is 4.99 Å². The summed E-state index contributed by atoms with van der Waals surface area (Å²) in [7, 11) is 1.53. The molecule has 0 N–H and O–H groups in total. The summed E-state index contributed by atoms with van der Waals surface area (Å²) in [5.74, 6) is -2.16. The van der Waals surface area contributed by atoms with Gasteiger partial charge in [-0.2, -0.15) is 4.99 Å². The third kappa shape index (κ3) is 3.22. The van der Waals surface area contributed by atoms with Crippen LogP contribution in [0.1, 0.15) is 23.0 Å². The monoisotopic (exact) mass is 405 g/mol. The number of nitrogens with zero attached hydrogens (tertiary/aromatic N) is 3. The van der Waals surface area contributed by atoms with E-state index in [4.69, 9.17) is 9.15 Å². The molecule has 2 aliphatic rings. The Morgan fingerprint density at radius 1 is 1.10 bits per heavy atom. The molecule has 0 spiro atoms. The smallest absolute Gasteiger partial charge is 0.349 e. The van der Waals surface area contributed by atoms with Crippen molar-refractivity contribution in [2.45, 2.75) is 6.92 Å². The molecule has 1 fully saturated rings. The van der Waals surface area contributed by atoms with Crippen LogP contribution in [-0.2, 0) is 14.4 Å². The molecule has 9 nitrogen and oxygen atoms in total. The lowest BCUT2D eigenvalue weighted by atomic mass is 10.0. The molecule has 2 amide bonds. The summed E-state index contributed by atoms with van der Waals surface area (Å²) < 4.78 is 10.4. The van der Waals surface area contributed by atoms with Crippen LogP contribution in [0.5, 0.6) is 5.75 Å². The van der Waals surface area contributed by atoms with Gasteiger partial charge in [0, 0.05) is 26.2 Å². The third-order valence-corrected chi connectivity index (χ3v) is 4.45. The largest absolute Gasteiger partial charge is 0.465 e. The molecule has 2 aliphatic heterocycles. The number of ether oxygens (including phenoxy) is 1. The normalized spacial score (nSPS) is 20.3. The zero-order valence-electron chi connectivity index (χ0n) is 16.0. The lowest BCUT2D eigenvalue weighted by molar-refractivity contribution is -0.130. The van der Waals surface area contributed by atoms with E-state index < -0.39 is 23.6 Å². The van der Waals surface area contributed by atoms with Crippen LogP contribution in [0.4, 0.5) is 0 Å². The topological polar surface area (TPSA) is 109 Å². The van der Waals surface area contributed by atoms with Gasteiger partial charge in [0.15, 0.2) is 0 Å². The number of amides is 2. The first kappa shape index (κ1) is 19.1. The van der Waals surface area contributed by atoms with Gasteiger partial charge in [0.05, 0.1) is 11.8 Å². The van der Waals surface area contributed by atoms with Crippen molar-refractivity contribution in [3.8, 4) is 5.75 Å². The van der Waals surface area contributed by atoms with E-state index in [0.717, 1.165) is 11.1 Å². The average molecular weight is 405 g/mol. The molecule has 0 bridgehead atoms. The van der Waals surface area contributed by atoms with Crippen LogP contribution >= 0.6 is 0 Å². The van der Waals surface area contributed by atoms with Gasteiger partial charge in [-0.25, -0.2) is 4.79 Å². The standard InChI is InChI=1S/C21H15N3O6/c1-12(25)22-21-23(2)16(10-13-6-5-9-29-13)19(27)24(21)11-15-18(26)14-7-3-4-8-17(14)30-20(15)28/h3-11H,1-2H3/b15-11-,16-10-,22-21?. The number of aliphatic imine (C=N–C) groups is 1. The maximum absolute atomic E-state index is 13.0. The molecule has 0 unspecified atom stereocenters. The van der Waals surface area contributed by atoms with Gasteiger partial charge in [0.1, 0.15) is 22.8 Å². The summed E-state index contributed by atoms with van der Waals surface area (Å²) in [4.78, 5) is 56.1. The number of ketones is 1. The fourth-order valence-corrected chi connectivity index (χ4v) is 3.06. The number of rotatable bonds is 2. The van der Waals surface area contributed by atoms with Crippen molar-refractivity contribution in [1.82, 2.24) is 9.80 Å². The number of Topliss-reactive ketones (excluding diaryl/α,β-unsaturated/α-hetero) is 1. The number of hydrogen-bond acceptors (Lipinski definition) is 6. The number of carbonyl (C=O) groups excluding carboxylic acids is 4. The van der Waals surface area contributed by atoms with Crippen molar-refractivity contribution < 1.29 is 28.3 Å². The molecule has 1 aromatic carbocycles. The number of para-hydroxylation sites is 1. The van der Waals surface area contributed by atoms with E-state index in [1.165, 1.54) is 43.3 Å². The van der Waals surface area contributed by atoms with Crippen LogP contribution in [0.15, 0.2) is 69.5 Å². The Bertz CT molecular complexity index is 1170. The Kier molecular flexibility index (Phi) is 4.63. The number of likely N-dealkylation sites (N-methyl/N-ethyl adjacent to an activating group) is 1. The number of carbonyl (C=O) groups is 4. The molecule has 4 rings (SSSR count). The van der Waals surface area contributed by atoms with E-state index >= 15 is 0 Å². The first-order valence-corrected chi connectivity index (χ1v) is 8.86. The first-order chi connectivity index (χ1) is 14.4. The second-order valence-corrected chi connectivity index (χ2v) is 6.47. The Labute approximate surface area is 170 Å². The van der Waals surface area contributed by atoms with Crippen molar-refractivity contribution >= 4 is 35.6 Å². The van der Waals surface area contributed by atoms with Crippen molar-refractivity contribution in [1.29, 1.82) is 0 Å². The summed E-state index contributed by atoms with van der Waals surface area (Å²) in [5.41, 5.74) is -0.0236. The summed E-state index contributed by atoms with van der Waals surface area (Å²) in [6, 6.07) is 9.60. The van der Waals surface area contributed by atoms with Crippen LogP contribution in [0.3, 0.4) is 0 Å². The molecule has 3 heterocycles. The second kappa shape index (κ2) is 7.28. The van der Waals surface area contributed by atoms with Gasteiger partial charge in [0.25, 0.3) is 5.91 Å². The minimum Gasteiger partial charge on any atom is -0.465 e. The molecular formula is C21H15N3O6.